The number of ether oxygens (including phenoxy) is 1. The Balaban J connectivity index is 2.29. The number of cyclic esters (lactones) is 1. The molecule has 0 aromatic heterocycles. The summed E-state index contributed by atoms with van der Waals surface area (Å²) in [5.41, 5.74) is 0.794. The largest absolute Gasteiger partial charge is 0.447 e. The van der Waals surface area contributed by atoms with Crippen LogP contribution in [0.3, 0.4) is 0 Å². The summed E-state index contributed by atoms with van der Waals surface area (Å²) in [4.78, 5) is 23.4. The quantitative estimate of drug-likeness (QED) is 0.800. The maximum absolute atomic E-state index is 11.8. The number of anilines is 1. The second kappa shape index (κ2) is 4.86. The molecule has 1 aromatic rings. The van der Waals surface area contributed by atoms with Gasteiger partial charge in [-0.05, 0) is 19.1 Å². The minimum Gasteiger partial charge on any atom is -0.447 e. The normalized spacial score (nSPS) is 15.7. The number of carbonyl (C=O) groups excluding carboxylic acids is 2. The fourth-order valence-electron chi connectivity index (χ4n) is 1.77. The molecule has 1 fully saturated rings. The Bertz CT molecular complexity index is 403. The van der Waals surface area contributed by atoms with Crippen LogP contribution in [0.25, 0.3) is 0 Å². The van der Waals surface area contributed by atoms with Gasteiger partial charge >= 0.3 is 6.09 Å². The van der Waals surface area contributed by atoms with Crippen LogP contribution in [0, 0.1) is 0 Å². The number of nitrogens with zero attached hydrogens (tertiary/aromatic N) is 2. The van der Waals surface area contributed by atoms with Crippen LogP contribution in [0.15, 0.2) is 30.3 Å². The predicted octanol–water partition coefficient (Wildman–Crippen LogP) is 1.80. The van der Waals surface area contributed by atoms with E-state index in [1.54, 1.807) is 5.01 Å². The maximum atomic E-state index is 11.8. The minimum absolute atomic E-state index is 0.167. The summed E-state index contributed by atoms with van der Waals surface area (Å²) in [6, 6.07) is 9.29. The molecule has 1 aliphatic heterocycles. The van der Waals surface area contributed by atoms with Crippen molar-refractivity contribution in [2.45, 2.75) is 13.3 Å². The lowest BCUT2D eigenvalue weighted by Gasteiger charge is -2.35. The van der Waals surface area contributed by atoms with Crippen molar-refractivity contribution in [2.75, 3.05) is 18.2 Å². The molecule has 1 saturated heterocycles. The van der Waals surface area contributed by atoms with Gasteiger partial charge in [0.1, 0.15) is 6.61 Å². The topological polar surface area (TPSA) is 49.9 Å². The van der Waals surface area contributed by atoms with E-state index >= 15 is 0 Å². The van der Waals surface area contributed by atoms with E-state index in [4.69, 9.17) is 4.74 Å². The van der Waals surface area contributed by atoms with Gasteiger partial charge < -0.3 is 4.74 Å². The molecule has 0 N–H and O–H groups in total. The molecular formula is C12H14N2O3. The summed E-state index contributed by atoms with van der Waals surface area (Å²) >= 11 is 0. The zero-order valence-corrected chi connectivity index (χ0v) is 9.63. The van der Waals surface area contributed by atoms with E-state index in [1.807, 2.05) is 37.3 Å². The third-order valence-electron chi connectivity index (χ3n) is 2.55. The first-order valence-corrected chi connectivity index (χ1v) is 5.56. The van der Waals surface area contributed by atoms with Crippen molar-refractivity contribution in [1.82, 2.24) is 5.01 Å². The SMILES string of the molecule is CCN(c1ccccc1)N1C(=O)CCOC1=O. The third kappa shape index (κ3) is 2.22. The Morgan fingerprint density at radius 2 is 2.00 bits per heavy atom. The van der Waals surface area contributed by atoms with Crippen molar-refractivity contribution in [1.29, 1.82) is 0 Å². The van der Waals surface area contributed by atoms with Gasteiger partial charge in [0.25, 0.3) is 5.91 Å². The highest BCUT2D eigenvalue weighted by atomic mass is 16.6. The van der Waals surface area contributed by atoms with Crippen LogP contribution >= 0.6 is 0 Å². The predicted molar refractivity (Wildman–Crippen MR) is 62.3 cm³/mol. The average molecular weight is 234 g/mol. The molecule has 0 spiro atoms. The molecule has 0 radical (unpaired) electrons. The number of hydrogen-bond donors (Lipinski definition) is 0. The summed E-state index contributed by atoms with van der Waals surface area (Å²) in [6.07, 6.45) is -0.373. The highest BCUT2D eigenvalue weighted by Crippen LogP contribution is 2.19. The van der Waals surface area contributed by atoms with E-state index < -0.39 is 6.09 Å². The zero-order chi connectivity index (χ0) is 12.3. The molecule has 0 bridgehead atoms. The summed E-state index contributed by atoms with van der Waals surface area (Å²) < 4.78 is 4.89. The van der Waals surface area contributed by atoms with Gasteiger partial charge in [0.15, 0.2) is 0 Å². The molecule has 0 aliphatic carbocycles. The van der Waals surface area contributed by atoms with Crippen LogP contribution in [-0.4, -0.2) is 30.2 Å². The van der Waals surface area contributed by atoms with E-state index in [9.17, 15) is 9.59 Å². The summed E-state index contributed by atoms with van der Waals surface area (Å²) in [5, 5.41) is 2.68. The fourth-order valence-corrected chi connectivity index (χ4v) is 1.77. The number of hydrogen-bond acceptors (Lipinski definition) is 4. The standard InChI is InChI=1S/C12H14N2O3/c1-2-13(10-6-4-3-5-7-10)14-11(15)8-9-17-12(14)16/h3-7H,2,8-9H2,1H3. The number of imide groups is 1. The number of para-hydroxylation sites is 1. The Labute approximate surface area is 99.5 Å². The second-order valence-electron chi connectivity index (χ2n) is 3.62. The van der Waals surface area contributed by atoms with Crippen molar-refractivity contribution in [3.8, 4) is 0 Å². The molecule has 17 heavy (non-hydrogen) atoms. The molecule has 1 aliphatic rings. The number of hydrazine groups is 1. The monoisotopic (exact) mass is 234 g/mol. The molecule has 0 saturated carbocycles. The van der Waals surface area contributed by atoms with Crippen LogP contribution in [0.2, 0.25) is 0 Å². The Kier molecular flexibility index (Phi) is 3.27. The molecule has 90 valence electrons. The van der Waals surface area contributed by atoms with Gasteiger partial charge in [-0.3, -0.25) is 9.80 Å². The molecule has 0 atom stereocenters. The molecule has 1 heterocycles. The first kappa shape index (κ1) is 11.4. The minimum atomic E-state index is -0.605. The molecule has 0 unspecified atom stereocenters. The van der Waals surface area contributed by atoms with Gasteiger partial charge in [-0.25, -0.2) is 4.79 Å². The van der Waals surface area contributed by atoms with Crippen molar-refractivity contribution in [3.05, 3.63) is 30.3 Å². The van der Waals surface area contributed by atoms with Gasteiger partial charge in [-0.15, -0.1) is 0 Å². The zero-order valence-electron chi connectivity index (χ0n) is 9.63. The molecule has 2 rings (SSSR count). The van der Waals surface area contributed by atoms with Crippen LogP contribution in [0.1, 0.15) is 13.3 Å². The number of rotatable bonds is 3. The van der Waals surface area contributed by atoms with Crippen LogP contribution < -0.4 is 5.01 Å². The van der Waals surface area contributed by atoms with Crippen molar-refractivity contribution in [3.63, 3.8) is 0 Å². The van der Waals surface area contributed by atoms with Crippen LogP contribution in [0.5, 0.6) is 0 Å². The van der Waals surface area contributed by atoms with E-state index in [0.717, 1.165) is 10.7 Å². The van der Waals surface area contributed by atoms with Crippen molar-refractivity contribution in [2.24, 2.45) is 0 Å². The van der Waals surface area contributed by atoms with Crippen LogP contribution in [-0.2, 0) is 9.53 Å². The molecular weight excluding hydrogens is 220 g/mol. The lowest BCUT2D eigenvalue weighted by molar-refractivity contribution is -0.134. The van der Waals surface area contributed by atoms with Gasteiger partial charge in [-0.2, -0.15) is 5.01 Å². The highest BCUT2D eigenvalue weighted by molar-refractivity contribution is 5.95. The average Bonchev–Trinajstić information content (AvgIpc) is 2.35. The molecule has 5 nitrogen and oxygen atoms in total. The third-order valence-corrected chi connectivity index (χ3v) is 2.55. The van der Waals surface area contributed by atoms with E-state index in [2.05, 4.69) is 0 Å². The molecule has 5 heteroatoms. The Hall–Kier alpha value is -2.04. The fraction of sp³-hybridized carbons (Fsp3) is 0.333. The van der Waals surface area contributed by atoms with E-state index in [-0.39, 0.29) is 18.9 Å². The van der Waals surface area contributed by atoms with Gasteiger partial charge in [0.05, 0.1) is 12.1 Å². The summed E-state index contributed by atoms with van der Waals surface area (Å²) in [5.74, 6) is -0.230. The van der Waals surface area contributed by atoms with Gasteiger partial charge in [0.2, 0.25) is 0 Å². The van der Waals surface area contributed by atoms with Gasteiger partial charge in [-0.1, -0.05) is 18.2 Å². The van der Waals surface area contributed by atoms with E-state index in [0.29, 0.717) is 6.54 Å². The van der Waals surface area contributed by atoms with Crippen molar-refractivity contribution < 1.29 is 14.3 Å². The van der Waals surface area contributed by atoms with Gasteiger partial charge in [0, 0.05) is 6.54 Å². The smallest absolute Gasteiger partial charge is 0.436 e. The number of amides is 2. The summed E-state index contributed by atoms with van der Waals surface area (Å²) in [7, 11) is 0. The lowest BCUT2D eigenvalue weighted by Crippen LogP contribution is -2.53. The number of carbonyl (C=O) groups is 2. The molecule has 2 amide bonds. The molecule has 1 aromatic carbocycles. The van der Waals surface area contributed by atoms with Crippen molar-refractivity contribution >= 4 is 17.7 Å². The first-order chi connectivity index (χ1) is 8.24. The highest BCUT2D eigenvalue weighted by Gasteiger charge is 2.32. The Morgan fingerprint density at radius 1 is 1.29 bits per heavy atom. The summed E-state index contributed by atoms with van der Waals surface area (Å²) in [6.45, 7) is 2.56. The first-order valence-electron chi connectivity index (χ1n) is 5.56. The number of benzene rings is 1. The maximum Gasteiger partial charge on any atom is 0.436 e. The lowest BCUT2D eigenvalue weighted by atomic mass is 10.3. The van der Waals surface area contributed by atoms with E-state index in [1.165, 1.54) is 0 Å². The Morgan fingerprint density at radius 3 is 2.59 bits per heavy atom. The van der Waals surface area contributed by atoms with Crippen LogP contribution in [0.4, 0.5) is 10.5 Å². The second-order valence-corrected chi connectivity index (χ2v) is 3.62.